The topological polar surface area (TPSA) is 85.2 Å². The number of nitrogens with one attached hydrogen (secondary N) is 1. The highest BCUT2D eigenvalue weighted by atomic mass is 79.9. The zero-order valence-corrected chi connectivity index (χ0v) is 9.46. The van der Waals surface area contributed by atoms with Crippen LogP contribution in [0.25, 0.3) is 0 Å². The van der Waals surface area contributed by atoms with Crippen molar-refractivity contribution in [1.29, 1.82) is 0 Å². The van der Waals surface area contributed by atoms with Crippen molar-refractivity contribution in [2.45, 2.75) is 11.7 Å². The van der Waals surface area contributed by atoms with Crippen LogP contribution in [0.15, 0.2) is 11.0 Å². The Labute approximate surface area is 99.7 Å². The predicted molar refractivity (Wildman–Crippen MR) is 53.0 cm³/mol. The summed E-state index contributed by atoms with van der Waals surface area (Å²) < 4.78 is 39.3. The first-order valence-corrected chi connectivity index (χ1v) is 5.09. The molecular weight excluding hydrogens is 313 g/mol. The number of halogens is 4. The molecule has 1 heterocycles. The van der Waals surface area contributed by atoms with Crippen LogP contribution in [0.5, 0.6) is 5.75 Å². The molecule has 0 aliphatic heterocycles. The van der Waals surface area contributed by atoms with Gasteiger partial charge in [0.25, 0.3) is 11.3 Å². The van der Waals surface area contributed by atoms with Crippen molar-refractivity contribution in [3.8, 4) is 5.75 Å². The molecule has 0 amide bonds. The zero-order valence-electron chi connectivity index (χ0n) is 7.88. The fourth-order valence-electron chi connectivity index (χ4n) is 1.05. The molecule has 0 radical (unpaired) electrons. The first-order valence-electron chi connectivity index (χ1n) is 3.97. The van der Waals surface area contributed by atoms with E-state index in [0.29, 0.717) is 0 Å². The quantitative estimate of drug-likeness (QED) is 0.525. The third-order valence-corrected chi connectivity index (χ3v) is 2.25. The molecule has 10 heteroatoms. The fraction of sp³-hybridized carbons (Fsp3) is 0.286. The molecule has 0 atom stereocenters. The van der Waals surface area contributed by atoms with Crippen molar-refractivity contribution in [3.63, 3.8) is 0 Å². The van der Waals surface area contributed by atoms with Gasteiger partial charge in [0.05, 0.1) is 10.5 Å². The minimum absolute atomic E-state index is 0.103. The summed E-state index contributed by atoms with van der Waals surface area (Å²) in [5.74, 6) is -1.38. The maximum Gasteiger partial charge on any atom is 0.573 e. The van der Waals surface area contributed by atoms with E-state index in [1.165, 1.54) is 0 Å². The van der Waals surface area contributed by atoms with Gasteiger partial charge in [-0.25, -0.2) is 0 Å². The van der Waals surface area contributed by atoms with Crippen LogP contribution in [0, 0.1) is 10.1 Å². The molecule has 94 valence electrons. The molecule has 1 rings (SSSR count). The van der Waals surface area contributed by atoms with Crippen molar-refractivity contribution >= 4 is 21.6 Å². The zero-order chi connectivity index (χ0) is 13.2. The first-order chi connectivity index (χ1) is 7.76. The second-order valence-corrected chi connectivity index (χ2v) is 3.32. The Balaban J connectivity index is 3.45. The summed E-state index contributed by atoms with van der Waals surface area (Å²) in [4.78, 5) is 22.5. The maximum absolute atomic E-state index is 12.0. The summed E-state index contributed by atoms with van der Waals surface area (Å²) >= 11 is 2.85. The lowest BCUT2D eigenvalue weighted by Gasteiger charge is -2.09. The van der Waals surface area contributed by atoms with Gasteiger partial charge in [-0.15, -0.1) is 13.2 Å². The number of hydrogen-bond donors (Lipinski definition) is 1. The third-order valence-electron chi connectivity index (χ3n) is 1.65. The van der Waals surface area contributed by atoms with Gasteiger partial charge in [0.1, 0.15) is 0 Å². The second-order valence-electron chi connectivity index (χ2n) is 2.76. The molecule has 0 spiro atoms. The van der Waals surface area contributed by atoms with Crippen LogP contribution in [0.2, 0.25) is 0 Å². The Morgan fingerprint density at radius 2 is 2.12 bits per heavy atom. The largest absolute Gasteiger partial charge is 0.573 e. The van der Waals surface area contributed by atoms with E-state index in [1.54, 1.807) is 0 Å². The smallest absolute Gasteiger partial charge is 0.392 e. The highest BCUT2D eigenvalue weighted by molar-refractivity contribution is 9.08. The summed E-state index contributed by atoms with van der Waals surface area (Å²) in [5, 5.41) is 10.5. The van der Waals surface area contributed by atoms with E-state index in [0.717, 1.165) is 6.20 Å². The van der Waals surface area contributed by atoms with E-state index >= 15 is 0 Å². The van der Waals surface area contributed by atoms with Crippen LogP contribution >= 0.6 is 15.9 Å². The molecule has 0 saturated carbocycles. The van der Waals surface area contributed by atoms with Gasteiger partial charge in [0, 0.05) is 11.5 Å². The van der Waals surface area contributed by atoms with Crippen molar-refractivity contribution in [1.82, 2.24) is 4.98 Å². The average molecular weight is 317 g/mol. The predicted octanol–water partition coefficient (Wildman–Crippen LogP) is 2.08. The number of pyridine rings is 1. The fourth-order valence-corrected chi connectivity index (χ4v) is 1.48. The number of aromatic nitrogens is 1. The van der Waals surface area contributed by atoms with E-state index in [9.17, 15) is 28.1 Å². The number of hydrogen-bond acceptors (Lipinski definition) is 4. The van der Waals surface area contributed by atoms with Crippen molar-refractivity contribution in [3.05, 3.63) is 32.2 Å². The average Bonchev–Trinajstić information content (AvgIpc) is 2.18. The van der Waals surface area contributed by atoms with Gasteiger partial charge in [0.2, 0.25) is 0 Å². The van der Waals surface area contributed by atoms with Gasteiger partial charge >= 0.3 is 12.0 Å². The van der Waals surface area contributed by atoms with Crippen LogP contribution in [0.3, 0.4) is 0 Å². The van der Waals surface area contributed by atoms with Crippen LogP contribution < -0.4 is 10.3 Å². The number of nitrogens with zero attached hydrogens (tertiary/aromatic N) is 1. The summed E-state index contributed by atoms with van der Waals surface area (Å²) in [6.07, 6.45) is -4.23. The normalized spacial score (nSPS) is 11.3. The van der Waals surface area contributed by atoms with E-state index in [4.69, 9.17) is 0 Å². The number of aromatic amines is 1. The van der Waals surface area contributed by atoms with Gasteiger partial charge in [-0.1, -0.05) is 15.9 Å². The highest BCUT2D eigenvalue weighted by Gasteiger charge is 2.37. The lowest BCUT2D eigenvalue weighted by Crippen LogP contribution is -2.24. The SMILES string of the molecule is O=c1[nH]cc(CBr)c([N+](=O)[O-])c1OC(F)(F)F. The molecule has 0 fully saturated rings. The summed E-state index contributed by atoms with van der Waals surface area (Å²) in [6.45, 7) is 0. The molecule has 0 aliphatic rings. The Hall–Kier alpha value is -1.58. The minimum atomic E-state index is -5.18. The molecule has 1 aromatic rings. The number of H-pyrrole nitrogens is 1. The Morgan fingerprint density at radius 3 is 2.53 bits per heavy atom. The van der Waals surface area contributed by atoms with E-state index < -0.39 is 28.3 Å². The standard InChI is InChI=1S/C7H4BrF3N2O4/c8-1-3-2-12-6(14)5(4(3)13(15)16)17-7(9,10)11/h2H,1H2,(H,12,14). The Morgan fingerprint density at radius 1 is 1.53 bits per heavy atom. The van der Waals surface area contributed by atoms with Gasteiger partial charge in [-0.2, -0.15) is 0 Å². The lowest BCUT2D eigenvalue weighted by molar-refractivity contribution is -0.389. The highest BCUT2D eigenvalue weighted by Crippen LogP contribution is 2.31. The lowest BCUT2D eigenvalue weighted by atomic mass is 10.2. The van der Waals surface area contributed by atoms with Crippen molar-refractivity contribution < 1.29 is 22.8 Å². The van der Waals surface area contributed by atoms with Crippen LogP contribution in [-0.4, -0.2) is 16.3 Å². The number of nitro groups is 1. The Kier molecular flexibility index (Phi) is 3.76. The first kappa shape index (κ1) is 13.5. The molecule has 0 unspecified atom stereocenters. The minimum Gasteiger partial charge on any atom is -0.392 e. The maximum atomic E-state index is 12.0. The molecular formula is C7H4BrF3N2O4. The van der Waals surface area contributed by atoms with E-state index in [2.05, 4.69) is 20.7 Å². The number of ether oxygens (including phenoxy) is 1. The monoisotopic (exact) mass is 316 g/mol. The number of rotatable bonds is 3. The molecule has 0 saturated heterocycles. The molecule has 0 aliphatic carbocycles. The van der Waals surface area contributed by atoms with Crippen molar-refractivity contribution in [2.75, 3.05) is 0 Å². The summed E-state index contributed by atoms with van der Waals surface area (Å²) in [6, 6.07) is 0. The molecule has 0 aromatic carbocycles. The summed E-state index contributed by atoms with van der Waals surface area (Å²) in [7, 11) is 0. The number of alkyl halides is 4. The Bertz CT molecular complexity index is 499. The van der Waals surface area contributed by atoms with Crippen LogP contribution in [0.4, 0.5) is 18.9 Å². The van der Waals surface area contributed by atoms with Gasteiger partial charge in [-0.05, 0) is 0 Å². The van der Waals surface area contributed by atoms with Gasteiger partial charge in [0.15, 0.2) is 0 Å². The van der Waals surface area contributed by atoms with Crippen molar-refractivity contribution in [2.24, 2.45) is 0 Å². The molecule has 6 nitrogen and oxygen atoms in total. The van der Waals surface area contributed by atoms with E-state index in [-0.39, 0.29) is 10.9 Å². The van der Waals surface area contributed by atoms with Gasteiger partial charge < -0.3 is 9.72 Å². The van der Waals surface area contributed by atoms with Crippen LogP contribution in [-0.2, 0) is 5.33 Å². The molecule has 17 heavy (non-hydrogen) atoms. The second kappa shape index (κ2) is 4.73. The van der Waals surface area contributed by atoms with Crippen LogP contribution in [0.1, 0.15) is 5.56 Å². The molecule has 0 bridgehead atoms. The third kappa shape index (κ3) is 3.19. The molecule has 1 aromatic heterocycles. The summed E-state index contributed by atoms with van der Waals surface area (Å²) in [5.41, 5.74) is -2.46. The molecule has 1 N–H and O–H groups in total. The van der Waals surface area contributed by atoms with Gasteiger partial charge in [-0.3, -0.25) is 14.9 Å². The van der Waals surface area contributed by atoms with E-state index in [1.807, 2.05) is 4.98 Å².